The summed E-state index contributed by atoms with van der Waals surface area (Å²) in [6.45, 7) is 0.174. The van der Waals surface area contributed by atoms with E-state index in [2.05, 4.69) is 0 Å². The number of alkyl halides is 5. The molecule has 0 unspecified atom stereocenters. The Balaban J connectivity index is 3.12. The van der Waals surface area contributed by atoms with Gasteiger partial charge in [-0.25, -0.2) is 8.78 Å². The van der Waals surface area contributed by atoms with E-state index in [4.69, 9.17) is 5.73 Å². The quantitative estimate of drug-likeness (QED) is 0.668. The molecule has 1 aromatic carbocycles. The molecule has 18 heavy (non-hydrogen) atoms. The van der Waals surface area contributed by atoms with Crippen LogP contribution in [0.3, 0.4) is 0 Å². The predicted molar refractivity (Wildman–Crippen MR) is 59.8 cm³/mol. The summed E-state index contributed by atoms with van der Waals surface area (Å²) in [5, 5.41) is 0. The van der Waals surface area contributed by atoms with Gasteiger partial charge in [0.25, 0.3) is 6.43 Å². The summed E-state index contributed by atoms with van der Waals surface area (Å²) in [5.74, 6) is 0. The van der Waals surface area contributed by atoms with Crippen LogP contribution < -0.4 is 10.6 Å². The minimum absolute atomic E-state index is 0.0247. The fourth-order valence-corrected chi connectivity index (χ4v) is 1.62. The number of nitrogen functional groups attached to an aromatic ring is 1. The first-order chi connectivity index (χ1) is 8.24. The van der Waals surface area contributed by atoms with E-state index in [1.807, 2.05) is 0 Å². The molecule has 0 radical (unpaired) electrons. The number of halogens is 5. The highest BCUT2D eigenvalue weighted by atomic mass is 19.4. The molecule has 0 saturated heterocycles. The van der Waals surface area contributed by atoms with Crippen LogP contribution in [-0.4, -0.2) is 19.3 Å². The maximum absolute atomic E-state index is 12.8. The van der Waals surface area contributed by atoms with E-state index >= 15 is 0 Å². The lowest BCUT2D eigenvalue weighted by atomic mass is 10.1. The second-order valence-electron chi connectivity index (χ2n) is 3.75. The van der Waals surface area contributed by atoms with Gasteiger partial charge in [0.1, 0.15) is 6.54 Å². The first kappa shape index (κ1) is 14.5. The Labute approximate surface area is 101 Å². The molecule has 0 amide bonds. The van der Waals surface area contributed by atoms with E-state index in [1.165, 1.54) is 19.1 Å². The number of nitrogens with two attached hydrogens (primary N) is 1. The molecule has 0 saturated carbocycles. The minimum atomic E-state index is -4.45. The van der Waals surface area contributed by atoms with E-state index in [-0.39, 0.29) is 17.9 Å². The van der Waals surface area contributed by atoms with Crippen LogP contribution in [0.1, 0.15) is 18.9 Å². The molecule has 0 aliphatic carbocycles. The Morgan fingerprint density at radius 2 is 1.89 bits per heavy atom. The normalized spacial score (nSPS) is 11.9. The molecule has 102 valence electrons. The first-order valence-corrected chi connectivity index (χ1v) is 5.24. The Morgan fingerprint density at radius 3 is 2.33 bits per heavy atom. The molecule has 0 heterocycles. The molecule has 1 aromatic rings. The van der Waals surface area contributed by atoms with Crippen molar-refractivity contribution in [2.45, 2.75) is 19.5 Å². The lowest BCUT2D eigenvalue weighted by Crippen LogP contribution is -2.34. The van der Waals surface area contributed by atoms with Gasteiger partial charge >= 0.3 is 6.18 Å². The lowest BCUT2D eigenvalue weighted by molar-refractivity contribution is -0.119. The van der Waals surface area contributed by atoms with Crippen molar-refractivity contribution < 1.29 is 22.0 Å². The molecule has 0 aliphatic rings. The van der Waals surface area contributed by atoms with Crippen molar-refractivity contribution in [3.05, 3.63) is 23.8 Å². The third-order valence-corrected chi connectivity index (χ3v) is 2.38. The maximum atomic E-state index is 12.8. The summed E-state index contributed by atoms with van der Waals surface area (Å²) in [7, 11) is 0. The van der Waals surface area contributed by atoms with Gasteiger partial charge in [0, 0.05) is 23.5 Å². The average Bonchev–Trinajstić information content (AvgIpc) is 2.24. The van der Waals surface area contributed by atoms with Crippen LogP contribution in [0.25, 0.3) is 0 Å². The highest BCUT2D eigenvalue weighted by Crippen LogP contribution is 2.33. The topological polar surface area (TPSA) is 29.3 Å². The molecule has 7 heteroatoms. The number of nitrogens with zero attached hydrogens (tertiary/aromatic N) is 1. The highest BCUT2D eigenvalue weighted by Gasteiger charge is 2.31. The summed E-state index contributed by atoms with van der Waals surface area (Å²) in [6, 6.07) is 3.49. The molecular formula is C11H13F5N2. The van der Waals surface area contributed by atoms with E-state index in [9.17, 15) is 22.0 Å². The first-order valence-electron chi connectivity index (χ1n) is 5.24. The number of anilines is 2. The van der Waals surface area contributed by atoms with Gasteiger partial charge in [0.2, 0.25) is 0 Å². The van der Waals surface area contributed by atoms with Crippen LogP contribution in [0, 0.1) is 0 Å². The van der Waals surface area contributed by atoms with Crippen LogP contribution in [-0.2, 0) is 0 Å². The van der Waals surface area contributed by atoms with Gasteiger partial charge in [-0.1, -0.05) is 0 Å². The highest BCUT2D eigenvalue weighted by molar-refractivity contribution is 5.60. The molecular weight excluding hydrogens is 255 g/mol. The summed E-state index contributed by atoms with van der Waals surface area (Å²) in [4.78, 5) is 0.848. The predicted octanol–water partition coefficient (Wildman–Crippen LogP) is 3.60. The van der Waals surface area contributed by atoms with E-state index < -0.39 is 24.7 Å². The molecule has 0 bridgehead atoms. The van der Waals surface area contributed by atoms with Crippen molar-refractivity contribution >= 4 is 11.4 Å². The zero-order valence-corrected chi connectivity index (χ0v) is 9.64. The average molecular weight is 268 g/mol. The Kier molecular flexibility index (Phi) is 4.37. The third kappa shape index (κ3) is 3.75. The lowest BCUT2D eigenvalue weighted by Gasteiger charge is -2.26. The monoisotopic (exact) mass is 268 g/mol. The van der Waals surface area contributed by atoms with Crippen molar-refractivity contribution in [2.75, 3.05) is 23.7 Å². The van der Waals surface area contributed by atoms with Crippen LogP contribution >= 0.6 is 0 Å². The zero-order chi connectivity index (χ0) is 13.9. The van der Waals surface area contributed by atoms with Gasteiger partial charge in [-0.3, -0.25) is 0 Å². The summed E-state index contributed by atoms with van der Waals surface area (Å²) in [6.07, 6.45) is -7.32. The third-order valence-electron chi connectivity index (χ3n) is 2.38. The van der Waals surface area contributed by atoms with Gasteiger partial charge in [0.15, 0.2) is 0 Å². The van der Waals surface area contributed by atoms with Gasteiger partial charge in [0.05, 0.1) is 0 Å². The molecule has 2 N–H and O–H groups in total. The van der Waals surface area contributed by atoms with Crippen molar-refractivity contribution in [3.8, 4) is 0 Å². The Morgan fingerprint density at radius 1 is 1.28 bits per heavy atom. The smallest absolute Gasteiger partial charge is 0.399 e. The number of hydrogen-bond acceptors (Lipinski definition) is 2. The van der Waals surface area contributed by atoms with Crippen LogP contribution in [0.2, 0.25) is 0 Å². The fraction of sp³-hybridized carbons (Fsp3) is 0.455. The largest absolute Gasteiger partial charge is 0.405 e. The molecule has 1 rings (SSSR count). The van der Waals surface area contributed by atoms with E-state index in [0.29, 0.717) is 0 Å². The SMILES string of the molecule is CCN(CC(F)(F)F)c1ccc(N)cc1C(F)F. The Hall–Kier alpha value is -1.53. The molecule has 0 spiro atoms. The summed E-state index contributed by atoms with van der Waals surface area (Å²) >= 11 is 0. The number of hydrogen-bond donors (Lipinski definition) is 1. The van der Waals surface area contributed by atoms with Crippen molar-refractivity contribution in [1.82, 2.24) is 0 Å². The van der Waals surface area contributed by atoms with Crippen LogP contribution in [0.15, 0.2) is 18.2 Å². The summed E-state index contributed by atoms with van der Waals surface area (Å²) in [5.41, 5.74) is 4.83. The van der Waals surface area contributed by atoms with E-state index in [0.717, 1.165) is 11.0 Å². The molecule has 0 fully saturated rings. The van der Waals surface area contributed by atoms with Crippen molar-refractivity contribution in [2.24, 2.45) is 0 Å². The van der Waals surface area contributed by atoms with Crippen LogP contribution in [0.5, 0.6) is 0 Å². The Bertz CT molecular complexity index is 403. The standard InChI is InChI=1S/C11H13F5N2/c1-2-18(6-11(14,15)16)9-4-3-7(17)5-8(9)10(12)13/h3-5,10H,2,6,17H2,1H3. The van der Waals surface area contributed by atoms with Gasteiger partial charge in [-0.05, 0) is 25.1 Å². The molecule has 0 aromatic heterocycles. The minimum Gasteiger partial charge on any atom is -0.399 e. The molecule has 0 atom stereocenters. The number of rotatable bonds is 4. The second kappa shape index (κ2) is 5.41. The van der Waals surface area contributed by atoms with Crippen LogP contribution in [0.4, 0.5) is 33.3 Å². The second-order valence-corrected chi connectivity index (χ2v) is 3.75. The van der Waals surface area contributed by atoms with Crippen molar-refractivity contribution in [3.63, 3.8) is 0 Å². The maximum Gasteiger partial charge on any atom is 0.405 e. The van der Waals surface area contributed by atoms with Gasteiger partial charge < -0.3 is 10.6 Å². The zero-order valence-electron chi connectivity index (χ0n) is 9.64. The number of benzene rings is 1. The summed E-state index contributed by atoms with van der Waals surface area (Å²) < 4.78 is 62.6. The van der Waals surface area contributed by atoms with Gasteiger partial charge in [-0.15, -0.1) is 0 Å². The molecule has 2 nitrogen and oxygen atoms in total. The van der Waals surface area contributed by atoms with Crippen molar-refractivity contribution in [1.29, 1.82) is 0 Å². The fourth-order valence-electron chi connectivity index (χ4n) is 1.62. The molecule has 0 aliphatic heterocycles. The van der Waals surface area contributed by atoms with E-state index in [1.54, 1.807) is 0 Å². The van der Waals surface area contributed by atoms with Gasteiger partial charge in [-0.2, -0.15) is 13.2 Å².